The number of nitrogens with zero attached hydrogens (tertiary/aromatic N) is 2. The molecule has 0 aliphatic carbocycles. The number of fused-ring (bicyclic) bond motifs is 1. The lowest BCUT2D eigenvalue weighted by molar-refractivity contribution is 0.103. The molecule has 96 valence electrons. The average molecular weight is 310 g/mol. The lowest BCUT2D eigenvalue weighted by Gasteiger charge is -2.03. The summed E-state index contributed by atoms with van der Waals surface area (Å²) in [6.45, 7) is 1.80. The highest BCUT2D eigenvalue weighted by Crippen LogP contribution is 2.30. The van der Waals surface area contributed by atoms with Gasteiger partial charge >= 0.3 is 0 Å². The predicted octanol–water partition coefficient (Wildman–Crippen LogP) is 3.97. The molecule has 19 heavy (non-hydrogen) atoms. The van der Waals surface area contributed by atoms with Crippen molar-refractivity contribution in [3.8, 4) is 0 Å². The smallest absolute Gasteiger partial charge is 0.268 e. The Morgan fingerprint density at radius 3 is 2.89 bits per heavy atom. The zero-order valence-electron chi connectivity index (χ0n) is 9.81. The molecule has 3 heterocycles. The Hall–Kier alpha value is -1.50. The van der Waals surface area contributed by atoms with Crippen LogP contribution in [0.5, 0.6) is 0 Å². The molecule has 0 aliphatic rings. The standard InChI is InChI=1S/C12H8ClN3OS2/c1-6-4-10(13)15-12(14-6)16-11(17)9-5-8-7(19-9)2-3-18-8/h2-5H,1H3,(H,14,15,16,17). The lowest BCUT2D eigenvalue weighted by Crippen LogP contribution is -2.13. The second-order valence-electron chi connectivity index (χ2n) is 3.87. The van der Waals surface area contributed by atoms with Gasteiger partial charge in [-0.15, -0.1) is 22.7 Å². The molecule has 1 N–H and O–H groups in total. The molecule has 0 saturated carbocycles. The zero-order chi connectivity index (χ0) is 13.4. The van der Waals surface area contributed by atoms with Crippen LogP contribution in [-0.4, -0.2) is 15.9 Å². The SMILES string of the molecule is Cc1cc(Cl)nc(NC(=O)c2cc3sccc3s2)n1. The summed E-state index contributed by atoms with van der Waals surface area (Å²) in [7, 11) is 0. The summed E-state index contributed by atoms with van der Waals surface area (Å²) < 4.78 is 2.22. The Kier molecular flexibility index (Phi) is 3.22. The Balaban J connectivity index is 1.86. The van der Waals surface area contributed by atoms with Gasteiger partial charge in [0.15, 0.2) is 0 Å². The molecule has 1 amide bonds. The Bertz CT molecular complexity index is 717. The van der Waals surface area contributed by atoms with Crippen molar-refractivity contribution in [2.24, 2.45) is 0 Å². The van der Waals surface area contributed by atoms with Gasteiger partial charge in [0, 0.05) is 15.1 Å². The minimum atomic E-state index is -0.213. The third-order valence-electron chi connectivity index (χ3n) is 2.41. The van der Waals surface area contributed by atoms with E-state index in [4.69, 9.17) is 11.6 Å². The Morgan fingerprint density at radius 1 is 1.32 bits per heavy atom. The topological polar surface area (TPSA) is 54.9 Å². The molecule has 0 bridgehead atoms. The van der Waals surface area contributed by atoms with E-state index in [0.29, 0.717) is 15.7 Å². The molecule has 0 atom stereocenters. The van der Waals surface area contributed by atoms with Crippen LogP contribution in [0.25, 0.3) is 9.40 Å². The number of halogens is 1. The number of thiophene rings is 2. The number of carbonyl (C=O) groups excluding carboxylic acids is 1. The van der Waals surface area contributed by atoms with E-state index in [9.17, 15) is 4.79 Å². The van der Waals surface area contributed by atoms with Gasteiger partial charge in [-0.2, -0.15) is 0 Å². The predicted molar refractivity (Wildman–Crippen MR) is 79.4 cm³/mol. The normalized spacial score (nSPS) is 10.8. The second-order valence-corrected chi connectivity index (χ2v) is 6.29. The Labute approximate surface area is 122 Å². The van der Waals surface area contributed by atoms with E-state index >= 15 is 0 Å². The molecule has 7 heteroatoms. The van der Waals surface area contributed by atoms with E-state index < -0.39 is 0 Å². The van der Waals surface area contributed by atoms with E-state index in [-0.39, 0.29) is 11.9 Å². The van der Waals surface area contributed by atoms with Gasteiger partial charge in [-0.05, 0) is 30.5 Å². The summed E-state index contributed by atoms with van der Waals surface area (Å²) >= 11 is 8.89. The molecule has 3 rings (SSSR count). The number of amides is 1. The monoisotopic (exact) mass is 309 g/mol. The molecule has 0 unspecified atom stereocenters. The lowest BCUT2D eigenvalue weighted by atomic mass is 10.4. The van der Waals surface area contributed by atoms with Crippen molar-refractivity contribution in [2.75, 3.05) is 5.32 Å². The molecule has 4 nitrogen and oxygen atoms in total. The van der Waals surface area contributed by atoms with E-state index in [1.165, 1.54) is 11.3 Å². The first-order valence-electron chi connectivity index (χ1n) is 5.41. The fraction of sp³-hybridized carbons (Fsp3) is 0.0833. The molecule has 0 spiro atoms. The van der Waals surface area contributed by atoms with Gasteiger partial charge in [0.1, 0.15) is 5.15 Å². The van der Waals surface area contributed by atoms with Gasteiger partial charge in [-0.25, -0.2) is 9.97 Å². The highest BCUT2D eigenvalue weighted by molar-refractivity contribution is 7.27. The number of hydrogen-bond donors (Lipinski definition) is 1. The first-order chi connectivity index (χ1) is 9.11. The molecule has 3 aromatic rings. The van der Waals surface area contributed by atoms with Crippen LogP contribution in [0.1, 0.15) is 15.4 Å². The third kappa shape index (κ3) is 2.60. The van der Waals surface area contributed by atoms with Gasteiger partial charge in [0.05, 0.1) is 4.88 Å². The molecule has 0 saturated heterocycles. The first kappa shape index (κ1) is 12.5. The highest BCUT2D eigenvalue weighted by atomic mass is 35.5. The summed E-state index contributed by atoms with van der Waals surface area (Å²) in [4.78, 5) is 20.8. The van der Waals surface area contributed by atoms with Gasteiger partial charge in [-0.3, -0.25) is 10.1 Å². The summed E-state index contributed by atoms with van der Waals surface area (Å²) in [6, 6.07) is 5.51. The van der Waals surface area contributed by atoms with Gasteiger partial charge in [0.25, 0.3) is 5.91 Å². The van der Waals surface area contributed by atoms with Crippen LogP contribution in [0.15, 0.2) is 23.6 Å². The quantitative estimate of drug-likeness (QED) is 0.729. The number of nitrogens with one attached hydrogen (secondary N) is 1. The zero-order valence-corrected chi connectivity index (χ0v) is 12.2. The summed E-state index contributed by atoms with van der Waals surface area (Å²) in [5.41, 5.74) is 0.711. The van der Waals surface area contributed by atoms with Crippen molar-refractivity contribution in [2.45, 2.75) is 6.92 Å². The van der Waals surface area contributed by atoms with Crippen LogP contribution < -0.4 is 5.32 Å². The summed E-state index contributed by atoms with van der Waals surface area (Å²) in [5.74, 6) is 0.0156. The van der Waals surface area contributed by atoms with Crippen LogP contribution in [0.2, 0.25) is 5.15 Å². The van der Waals surface area contributed by atoms with Crippen molar-refractivity contribution < 1.29 is 4.79 Å². The average Bonchev–Trinajstić information content (AvgIpc) is 2.86. The minimum absolute atomic E-state index is 0.213. The molecule has 0 aliphatic heterocycles. The molecule has 0 aromatic carbocycles. The molecule has 0 radical (unpaired) electrons. The van der Waals surface area contributed by atoms with Crippen molar-refractivity contribution in [1.82, 2.24) is 9.97 Å². The number of rotatable bonds is 2. The fourth-order valence-corrected chi connectivity index (χ4v) is 3.87. The maximum Gasteiger partial charge on any atom is 0.268 e. The van der Waals surface area contributed by atoms with Crippen LogP contribution >= 0.6 is 34.3 Å². The maximum absolute atomic E-state index is 12.1. The van der Waals surface area contributed by atoms with Crippen LogP contribution in [0, 0.1) is 6.92 Å². The van der Waals surface area contributed by atoms with Crippen LogP contribution in [0.3, 0.4) is 0 Å². The van der Waals surface area contributed by atoms with Crippen molar-refractivity contribution in [3.05, 3.63) is 39.3 Å². The van der Waals surface area contributed by atoms with E-state index in [2.05, 4.69) is 15.3 Å². The van der Waals surface area contributed by atoms with Gasteiger partial charge < -0.3 is 0 Å². The number of hydrogen-bond acceptors (Lipinski definition) is 5. The number of aromatic nitrogens is 2. The van der Waals surface area contributed by atoms with E-state index in [0.717, 1.165) is 9.40 Å². The number of carbonyl (C=O) groups is 1. The molecular formula is C12H8ClN3OS2. The minimum Gasteiger partial charge on any atom is -0.290 e. The van der Waals surface area contributed by atoms with Crippen LogP contribution in [-0.2, 0) is 0 Å². The van der Waals surface area contributed by atoms with Crippen molar-refractivity contribution >= 4 is 55.5 Å². The van der Waals surface area contributed by atoms with Crippen molar-refractivity contribution in [1.29, 1.82) is 0 Å². The summed E-state index contributed by atoms with van der Waals surface area (Å²) in [6.07, 6.45) is 0. The van der Waals surface area contributed by atoms with Gasteiger partial charge in [0.2, 0.25) is 5.95 Å². The highest BCUT2D eigenvalue weighted by Gasteiger charge is 2.13. The van der Waals surface area contributed by atoms with E-state index in [1.807, 2.05) is 17.5 Å². The summed E-state index contributed by atoms with van der Waals surface area (Å²) in [5, 5.41) is 4.98. The van der Waals surface area contributed by atoms with Crippen LogP contribution in [0.4, 0.5) is 5.95 Å². The largest absolute Gasteiger partial charge is 0.290 e. The Morgan fingerprint density at radius 2 is 2.16 bits per heavy atom. The molecule has 3 aromatic heterocycles. The molecular weight excluding hydrogens is 302 g/mol. The van der Waals surface area contributed by atoms with E-state index in [1.54, 1.807) is 24.3 Å². The van der Waals surface area contributed by atoms with Crippen molar-refractivity contribution in [3.63, 3.8) is 0 Å². The fourth-order valence-electron chi connectivity index (χ4n) is 1.63. The van der Waals surface area contributed by atoms with Gasteiger partial charge in [-0.1, -0.05) is 11.6 Å². The maximum atomic E-state index is 12.1. The number of anilines is 1. The third-order valence-corrected chi connectivity index (χ3v) is 4.70. The number of aryl methyl sites for hydroxylation is 1. The first-order valence-corrected chi connectivity index (χ1v) is 7.49. The second kappa shape index (κ2) is 4.88. The molecule has 0 fully saturated rings.